The van der Waals surface area contributed by atoms with Gasteiger partial charge in [0.1, 0.15) is 6.54 Å². The number of hydrogen-bond acceptors (Lipinski definition) is 2. The molecule has 1 amide bonds. The van der Waals surface area contributed by atoms with Crippen LogP contribution in [0.4, 0.5) is 0 Å². The molecule has 0 aromatic heterocycles. The van der Waals surface area contributed by atoms with Crippen LogP contribution in [0, 0.1) is 46.3 Å². The smallest absolute Gasteiger partial charge is 0.220 e. The largest absolute Gasteiger partial charge is 0.393 e. The van der Waals surface area contributed by atoms with Crippen LogP contribution < -0.4 is 5.32 Å². The van der Waals surface area contributed by atoms with Gasteiger partial charge in [0.2, 0.25) is 5.91 Å². The molecule has 1 heterocycles. The highest BCUT2D eigenvalue weighted by Crippen LogP contribution is 2.68. The van der Waals surface area contributed by atoms with Crippen LogP contribution in [0.25, 0.3) is 0 Å². The second-order valence-corrected chi connectivity index (χ2v) is 16.0. The van der Waals surface area contributed by atoms with Gasteiger partial charge in [0, 0.05) is 24.8 Å². The highest BCUT2D eigenvalue weighted by molar-refractivity contribution is 5.75. The minimum absolute atomic E-state index is 0.0513. The van der Waals surface area contributed by atoms with Crippen LogP contribution >= 0.6 is 0 Å². The summed E-state index contributed by atoms with van der Waals surface area (Å²) in [5.74, 6) is 5.04. The Kier molecular flexibility index (Phi) is 8.65. The van der Waals surface area contributed by atoms with Crippen LogP contribution in [-0.4, -0.2) is 47.8 Å². The Morgan fingerprint density at radius 2 is 1.71 bits per heavy atom. The minimum Gasteiger partial charge on any atom is -0.393 e. The van der Waals surface area contributed by atoms with E-state index < -0.39 is 0 Å². The normalized spacial score (nSPS) is 40.3. The van der Waals surface area contributed by atoms with Crippen molar-refractivity contribution in [3.05, 3.63) is 35.9 Å². The number of likely N-dealkylation sites (tertiary alicyclic amines) is 1. The third-order valence-electron chi connectivity index (χ3n) is 14.0. The van der Waals surface area contributed by atoms with E-state index in [0.29, 0.717) is 23.2 Å². The van der Waals surface area contributed by atoms with E-state index in [1.807, 2.05) is 0 Å². The number of nitrogens with one attached hydrogen (secondary N) is 1. The highest BCUT2D eigenvalue weighted by atomic mass is 16.3. The number of carbonyl (C=O) groups excluding carboxylic acids is 1. The van der Waals surface area contributed by atoms with Crippen LogP contribution in [0.5, 0.6) is 0 Å². The number of quaternary nitrogens is 1. The molecule has 1 saturated heterocycles. The first-order chi connectivity index (χ1) is 19.7. The monoisotopic (exact) mass is 563 g/mol. The maximum atomic E-state index is 13.0. The van der Waals surface area contributed by atoms with Gasteiger partial charge in [0.15, 0.2) is 0 Å². The molecule has 5 aliphatic rings. The summed E-state index contributed by atoms with van der Waals surface area (Å²) >= 11 is 0. The Balaban J connectivity index is 0.993. The lowest BCUT2D eigenvalue weighted by Gasteiger charge is -2.61. The number of amides is 1. The molecule has 4 nitrogen and oxygen atoms in total. The second-order valence-electron chi connectivity index (χ2n) is 16.0. The predicted molar refractivity (Wildman–Crippen MR) is 167 cm³/mol. The number of hydrogen-bond donors (Lipinski definition) is 2. The quantitative estimate of drug-likeness (QED) is 0.309. The van der Waals surface area contributed by atoms with Crippen molar-refractivity contribution in [2.45, 2.75) is 117 Å². The molecule has 228 valence electrons. The van der Waals surface area contributed by atoms with Crippen molar-refractivity contribution in [2.75, 3.05) is 26.2 Å². The van der Waals surface area contributed by atoms with Crippen LogP contribution in [-0.2, 0) is 11.3 Å². The molecule has 4 saturated carbocycles. The fourth-order valence-electron chi connectivity index (χ4n) is 11.7. The lowest BCUT2D eigenvalue weighted by molar-refractivity contribution is -0.928. The Morgan fingerprint density at radius 1 is 0.976 bits per heavy atom. The van der Waals surface area contributed by atoms with Crippen LogP contribution in [0.1, 0.15) is 110 Å². The lowest BCUT2D eigenvalue weighted by Crippen LogP contribution is -2.54. The molecule has 6 rings (SSSR count). The van der Waals surface area contributed by atoms with Gasteiger partial charge in [-0.3, -0.25) is 4.79 Å². The molecule has 1 aliphatic heterocycles. The molecule has 0 radical (unpaired) electrons. The van der Waals surface area contributed by atoms with Gasteiger partial charge in [-0.15, -0.1) is 0 Å². The van der Waals surface area contributed by atoms with Crippen LogP contribution in [0.15, 0.2) is 30.3 Å². The topological polar surface area (TPSA) is 49.3 Å². The zero-order valence-electron chi connectivity index (χ0n) is 26.5. The van der Waals surface area contributed by atoms with Crippen molar-refractivity contribution < 1.29 is 14.4 Å². The number of rotatable bonds is 9. The summed E-state index contributed by atoms with van der Waals surface area (Å²) in [6, 6.07) is 10.9. The highest BCUT2D eigenvalue weighted by Gasteiger charge is 2.60. The third-order valence-corrected chi connectivity index (χ3v) is 14.0. The van der Waals surface area contributed by atoms with E-state index in [1.54, 1.807) is 0 Å². The molecular formula is C37H59N2O2+. The summed E-state index contributed by atoms with van der Waals surface area (Å²) < 4.78 is 1.13. The Bertz CT molecular complexity index is 1040. The molecule has 41 heavy (non-hydrogen) atoms. The summed E-state index contributed by atoms with van der Waals surface area (Å²) in [4.78, 5) is 13.0. The molecule has 9 atom stereocenters. The summed E-state index contributed by atoms with van der Waals surface area (Å²) in [5, 5.41) is 13.7. The number of carbonyl (C=O) groups is 1. The fraction of sp³-hybridized carbons (Fsp3) is 0.811. The summed E-state index contributed by atoms with van der Waals surface area (Å²) in [6.07, 6.45) is 15.9. The summed E-state index contributed by atoms with van der Waals surface area (Å²) in [7, 11) is 0. The number of aliphatic hydroxyl groups is 1. The molecule has 4 heteroatoms. The molecule has 2 N–H and O–H groups in total. The molecule has 1 aromatic rings. The average Bonchev–Trinajstić information content (AvgIpc) is 3.57. The first kappa shape index (κ1) is 29.7. The second kappa shape index (κ2) is 11.9. The predicted octanol–water partition coefficient (Wildman–Crippen LogP) is 7.35. The molecular weight excluding hydrogens is 504 g/mol. The molecule has 1 aromatic carbocycles. The van der Waals surface area contributed by atoms with E-state index in [1.165, 1.54) is 76.4 Å². The van der Waals surface area contributed by atoms with Crippen molar-refractivity contribution in [1.82, 2.24) is 5.32 Å². The molecule has 4 unspecified atom stereocenters. The zero-order chi connectivity index (χ0) is 28.7. The van der Waals surface area contributed by atoms with Gasteiger partial charge in [-0.05, 0) is 111 Å². The summed E-state index contributed by atoms with van der Waals surface area (Å²) in [6.45, 7) is 13.2. The van der Waals surface area contributed by atoms with E-state index in [9.17, 15) is 9.90 Å². The molecule has 0 spiro atoms. The van der Waals surface area contributed by atoms with Gasteiger partial charge in [-0.1, -0.05) is 51.1 Å². The zero-order valence-corrected chi connectivity index (χ0v) is 26.5. The fourth-order valence-corrected chi connectivity index (χ4v) is 11.7. The number of fused-ring (bicyclic) bond motifs is 5. The van der Waals surface area contributed by atoms with Crippen LogP contribution in [0.2, 0.25) is 0 Å². The molecule has 5 fully saturated rings. The van der Waals surface area contributed by atoms with Crippen molar-refractivity contribution in [3.63, 3.8) is 0 Å². The maximum absolute atomic E-state index is 13.0. The minimum atomic E-state index is -0.0513. The Morgan fingerprint density at radius 3 is 2.49 bits per heavy atom. The van der Waals surface area contributed by atoms with Crippen molar-refractivity contribution in [3.8, 4) is 0 Å². The first-order valence-corrected chi connectivity index (χ1v) is 17.6. The van der Waals surface area contributed by atoms with Crippen molar-refractivity contribution in [2.24, 2.45) is 46.3 Å². The van der Waals surface area contributed by atoms with Crippen LogP contribution in [0.3, 0.4) is 0 Å². The van der Waals surface area contributed by atoms with E-state index in [0.717, 1.165) is 73.0 Å². The van der Waals surface area contributed by atoms with Gasteiger partial charge in [0.25, 0.3) is 0 Å². The SMILES string of the molecule is C[C@H](CCC(=O)NCC[N+]1(Cc2ccccc2)CCCC1)[C@H]1CCC2C3CCC4C[C@H](O)CC[C@]4(C)C3CC[C@@]21C. The van der Waals surface area contributed by atoms with Crippen molar-refractivity contribution >= 4 is 5.91 Å². The standard InChI is InChI=1S/C37H58N2O2/c1-27(11-16-35(41)38-21-24-39(22-7-8-23-39)26-28-9-5-4-6-10-28)32-14-15-33-31-13-12-29-25-30(40)17-19-36(29,2)34(31)18-20-37(32,33)3/h4-6,9-10,27,29-34,40H,7-8,11-26H2,1-3H3/p+1/t27-,29?,30-,31?,32-,33?,34?,36+,37-/m1/s1. The van der Waals surface area contributed by atoms with Gasteiger partial charge in [0.05, 0.1) is 32.3 Å². The number of aliphatic hydroxyl groups excluding tert-OH is 1. The van der Waals surface area contributed by atoms with E-state index in [-0.39, 0.29) is 12.0 Å². The maximum Gasteiger partial charge on any atom is 0.220 e. The molecule has 4 aliphatic carbocycles. The van der Waals surface area contributed by atoms with E-state index >= 15 is 0 Å². The van der Waals surface area contributed by atoms with Gasteiger partial charge < -0.3 is 14.9 Å². The molecule has 0 bridgehead atoms. The van der Waals surface area contributed by atoms with E-state index in [2.05, 4.69) is 56.4 Å². The van der Waals surface area contributed by atoms with Gasteiger partial charge in [-0.2, -0.15) is 0 Å². The Labute approximate surface area is 250 Å². The number of nitrogens with zero attached hydrogens (tertiary/aromatic N) is 1. The summed E-state index contributed by atoms with van der Waals surface area (Å²) in [5.41, 5.74) is 2.34. The van der Waals surface area contributed by atoms with Gasteiger partial charge in [-0.25, -0.2) is 0 Å². The van der Waals surface area contributed by atoms with Crippen molar-refractivity contribution in [1.29, 1.82) is 0 Å². The average molecular weight is 564 g/mol. The third kappa shape index (κ3) is 5.78. The van der Waals surface area contributed by atoms with E-state index in [4.69, 9.17) is 0 Å². The first-order valence-electron chi connectivity index (χ1n) is 17.6. The lowest BCUT2D eigenvalue weighted by atomic mass is 9.44. The number of benzene rings is 1. The van der Waals surface area contributed by atoms with Gasteiger partial charge >= 0.3 is 0 Å². The Hall–Kier alpha value is -1.39.